The molecular formula is C14H13FO2S. The van der Waals surface area contributed by atoms with Gasteiger partial charge in [-0.3, -0.25) is 4.79 Å². The van der Waals surface area contributed by atoms with Crippen LogP contribution in [0, 0.1) is 5.82 Å². The molecule has 0 fully saturated rings. The molecule has 0 aliphatic rings. The van der Waals surface area contributed by atoms with Crippen molar-refractivity contribution in [3.63, 3.8) is 0 Å². The summed E-state index contributed by atoms with van der Waals surface area (Å²) in [6, 6.07) is 9.59. The van der Waals surface area contributed by atoms with Gasteiger partial charge in [0.1, 0.15) is 5.82 Å². The van der Waals surface area contributed by atoms with Crippen molar-refractivity contribution < 1.29 is 14.3 Å². The highest BCUT2D eigenvalue weighted by Crippen LogP contribution is 2.30. The Hall–Kier alpha value is -1.68. The predicted molar refractivity (Wildman–Crippen MR) is 69.4 cm³/mol. The second kappa shape index (κ2) is 4.90. The molecule has 2 aromatic rings. The zero-order valence-electron chi connectivity index (χ0n) is 9.89. The zero-order valence-corrected chi connectivity index (χ0v) is 10.7. The highest BCUT2D eigenvalue weighted by molar-refractivity contribution is 7.09. The summed E-state index contributed by atoms with van der Waals surface area (Å²) in [6.07, 6.45) is 0.365. The van der Waals surface area contributed by atoms with E-state index in [9.17, 15) is 14.3 Å². The average Bonchev–Trinajstić information content (AvgIpc) is 2.81. The Labute approximate surface area is 109 Å². The second-order valence-corrected chi connectivity index (χ2v) is 5.44. The van der Waals surface area contributed by atoms with Crippen LogP contribution < -0.4 is 0 Å². The minimum atomic E-state index is -1.10. The van der Waals surface area contributed by atoms with Gasteiger partial charge in [-0.15, -0.1) is 11.3 Å². The van der Waals surface area contributed by atoms with Gasteiger partial charge in [0.05, 0.1) is 5.41 Å². The first-order chi connectivity index (χ1) is 8.52. The van der Waals surface area contributed by atoms with Gasteiger partial charge in [-0.2, -0.15) is 0 Å². The number of rotatable bonds is 4. The number of benzene rings is 1. The number of thiophene rings is 1. The summed E-state index contributed by atoms with van der Waals surface area (Å²) < 4.78 is 13.2. The standard InChI is InChI=1S/C14H13FO2S/c1-14(13(16)17,9-12-6-3-7-18-12)10-4-2-5-11(15)8-10/h2-8H,9H2,1H3,(H,16,17). The summed E-state index contributed by atoms with van der Waals surface area (Å²) in [5.41, 5.74) is -0.615. The molecule has 1 heterocycles. The predicted octanol–water partition coefficient (Wildman–Crippen LogP) is 3.47. The molecular weight excluding hydrogens is 251 g/mol. The van der Waals surface area contributed by atoms with E-state index in [1.807, 2.05) is 17.5 Å². The van der Waals surface area contributed by atoms with Crippen LogP contribution in [0.4, 0.5) is 4.39 Å². The Kier molecular flexibility index (Phi) is 3.48. The van der Waals surface area contributed by atoms with E-state index in [2.05, 4.69) is 0 Å². The molecule has 0 aliphatic heterocycles. The lowest BCUT2D eigenvalue weighted by Crippen LogP contribution is -2.34. The molecule has 0 amide bonds. The van der Waals surface area contributed by atoms with E-state index in [1.165, 1.54) is 23.5 Å². The maximum Gasteiger partial charge on any atom is 0.314 e. The Morgan fingerprint density at radius 1 is 1.39 bits per heavy atom. The van der Waals surface area contributed by atoms with Crippen LogP contribution in [0.5, 0.6) is 0 Å². The summed E-state index contributed by atoms with van der Waals surface area (Å²) in [4.78, 5) is 12.5. The van der Waals surface area contributed by atoms with E-state index >= 15 is 0 Å². The highest BCUT2D eigenvalue weighted by atomic mass is 32.1. The maximum absolute atomic E-state index is 13.2. The Morgan fingerprint density at radius 2 is 2.17 bits per heavy atom. The van der Waals surface area contributed by atoms with Gasteiger partial charge in [0.2, 0.25) is 0 Å². The van der Waals surface area contributed by atoms with Crippen LogP contribution in [-0.4, -0.2) is 11.1 Å². The van der Waals surface area contributed by atoms with Gasteiger partial charge >= 0.3 is 5.97 Å². The van der Waals surface area contributed by atoms with E-state index in [-0.39, 0.29) is 0 Å². The summed E-state index contributed by atoms with van der Waals surface area (Å²) in [5.74, 6) is -1.35. The number of carboxylic acids is 1. The highest BCUT2D eigenvalue weighted by Gasteiger charge is 2.35. The van der Waals surface area contributed by atoms with Gasteiger partial charge in [-0.25, -0.2) is 4.39 Å². The lowest BCUT2D eigenvalue weighted by molar-refractivity contribution is -0.143. The third-order valence-electron chi connectivity index (χ3n) is 3.04. The van der Waals surface area contributed by atoms with E-state index in [0.29, 0.717) is 12.0 Å². The quantitative estimate of drug-likeness (QED) is 0.918. The number of hydrogen-bond donors (Lipinski definition) is 1. The number of carboxylic acid groups (broad SMARTS) is 1. The van der Waals surface area contributed by atoms with Crippen LogP contribution >= 0.6 is 11.3 Å². The van der Waals surface area contributed by atoms with Crippen molar-refractivity contribution in [3.8, 4) is 0 Å². The summed E-state index contributed by atoms with van der Waals surface area (Å²) in [7, 11) is 0. The second-order valence-electron chi connectivity index (χ2n) is 4.40. The first-order valence-corrected chi connectivity index (χ1v) is 6.42. The molecule has 94 valence electrons. The monoisotopic (exact) mass is 264 g/mol. The molecule has 0 spiro atoms. The maximum atomic E-state index is 13.2. The number of hydrogen-bond acceptors (Lipinski definition) is 2. The van der Waals surface area contributed by atoms with Gasteiger partial charge in [0, 0.05) is 11.3 Å². The molecule has 18 heavy (non-hydrogen) atoms. The third-order valence-corrected chi connectivity index (χ3v) is 3.92. The molecule has 4 heteroatoms. The molecule has 0 radical (unpaired) electrons. The Morgan fingerprint density at radius 3 is 2.72 bits per heavy atom. The van der Waals surface area contributed by atoms with Gasteiger partial charge in [-0.1, -0.05) is 18.2 Å². The van der Waals surface area contributed by atoms with Crippen LogP contribution in [0.2, 0.25) is 0 Å². The van der Waals surface area contributed by atoms with Gasteiger partial charge in [-0.05, 0) is 36.1 Å². The average molecular weight is 264 g/mol. The van der Waals surface area contributed by atoms with Crippen molar-refractivity contribution in [3.05, 3.63) is 58.0 Å². The zero-order chi connectivity index (χ0) is 13.2. The van der Waals surface area contributed by atoms with E-state index in [1.54, 1.807) is 19.1 Å². The third kappa shape index (κ3) is 2.43. The van der Waals surface area contributed by atoms with Gasteiger partial charge in [0.15, 0.2) is 0 Å². The summed E-state index contributed by atoms with van der Waals surface area (Å²) in [5, 5.41) is 11.4. The van der Waals surface area contributed by atoms with Gasteiger partial charge in [0.25, 0.3) is 0 Å². The minimum absolute atomic E-state index is 0.365. The van der Waals surface area contributed by atoms with E-state index in [0.717, 1.165) is 4.88 Å². The van der Waals surface area contributed by atoms with Crippen LogP contribution in [-0.2, 0) is 16.6 Å². The van der Waals surface area contributed by atoms with Crippen LogP contribution in [0.25, 0.3) is 0 Å². The number of aliphatic carboxylic acids is 1. The summed E-state index contributed by atoms with van der Waals surface area (Å²) in [6.45, 7) is 1.63. The number of carbonyl (C=O) groups is 1. The Balaban J connectivity index is 2.41. The first kappa shape index (κ1) is 12.8. The van der Waals surface area contributed by atoms with Crippen LogP contribution in [0.3, 0.4) is 0 Å². The fourth-order valence-corrected chi connectivity index (χ4v) is 2.76. The topological polar surface area (TPSA) is 37.3 Å². The first-order valence-electron chi connectivity index (χ1n) is 5.54. The lowest BCUT2D eigenvalue weighted by Gasteiger charge is -2.24. The van der Waals surface area contributed by atoms with Crippen molar-refractivity contribution in [1.82, 2.24) is 0 Å². The molecule has 1 aromatic heterocycles. The SMILES string of the molecule is CC(Cc1cccs1)(C(=O)O)c1cccc(F)c1. The lowest BCUT2D eigenvalue weighted by atomic mass is 9.79. The van der Waals surface area contributed by atoms with Crippen LogP contribution in [0.15, 0.2) is 41.8 Å². The molecule has 1 aromatic carbocycles. The number of halogens is 1. The molecule has 0 aliphatic carbocycles. The minimum Gasteiger partial charge on any atom is -0.481 e. The molecule has 2 nitrogen and oxygen atoms in total. The van der Waals surface area contributed by atoms with E-state index < -0.39 is 17.2 Å². The Bertz CT molecular complexity index is 551. The molecule has 1 atom stereocenters. The molecule has 0 bridgehead atoms. The van der Waals surface area contributed by atoms with Crippen molar-refractivity contribution in [2.45, 2.75) is 18.8 Å². The van der Waals surface area contributed by atoms with Crippen molar-refractivity contribution in [2.24, 2.45) is 0 Å². The van der Waals surface area contributed by atoms with Crippen molar-refractivity contribution in [2.75, 3.05) is 0 Å². The summed E-state index contributed by atoms with van der Waals surface area (Å²) >= 11 is 1.51. The largest absolute Gasteiger partial charge is 0.481 e. The smallest absolute Gasteiger partial charge is 0.314 e. The molecule has 1 unspecified atom stereocenters. The van der Waals surface area contributed by atoms with Crippen molar-refractivity contribution >= 4 is 17.3 Å². The van der Waals surface area contributed by atoms with Crippen molar-refractivity contribution in [1.29, 1.82) is 0 Å². The normalized spacial score (nSPS) is 14.1. The molecule has 0 saturated heterocycles. The fourth-order valence-electron chi connectivity index (χ4n) is 1.89. The fraction of sp³-hybridized carbons (Fsp3) is 0.214. The molecule has 2 rings (SSSR count). The molecule has 1 N–H and O–H groups in total. The van der Waals surface area contributed by atoms with Gasteiger partial charge < -0.3 is 5.11 Å². The van der Waals surface area contributed by atoms with E-state index in [4.69, 9.17) is 0 Å². The van der Waals surface area contributed by atoms with Crippen LogP contribution in [0.1, 0.15) is 17.4 Å². The molecule has 0 saturated carbocycles.